The molecule has 1 N–H and O–H groups in total. The van der Waals surface area contributed by atoms with Gasteiger partial charge in [0.15, 0.2) is 0 Å². The van der Waals surface area contributed by atoms with Crippen molar-refractivity contribution in [3.05, 3.63) is 30.0 Å². The van der Waals surface area contributed by atoms with Gasteiger partial charge in [0.1, 0.15) is 22.8 Å². The topological polar surface area (TPSA) is 108 Å². The van der Waals surface area contributed by atoms with Crippen molar-refractivity contribution >= 4 is 11.7 Å². The highest BCUT2D eigenvalue weighted by Gasteiger charge is 2.38. The number of aliphatic hydroxyl groups is 1. The predicted octanol–water partition coefficient (Wildman–Crippen LogP) is -0.190. The second-order valence-corrected chi connectivity index (χ2v) is 6.18. The summed E-state index contributed by atoms with van der Waals surface area (Å²) >= 11 is 0. The molecule has 2 aromatic rings. The largest absolute Gasteiger partial charge is 0.386 e. The third kappa shape index (κ3) is 3.51. The SMILES string of the molecule is Cc1nonc1CC(=O)N(C)C[C@@]1(O)CCN(c2cnccn2)C1. The number of aromatic nitrogens is 4. The minimum atomic E-state index is -0.973. The van der Waals surface area contributed by atoms with Crippen molar-refractivity contribution in [2.75, 3.05) is 31.6 Å². The van der Waals surface area contributed by atoms with Crippen LogP contribution in [0.15, 0.2) is 23.2 Å². The molecule has 2 aromatic heterocycles. The number of amides is 1. The minimum absolute atomic E-state index is 0.107. The molecule has 0 unspecified atom stereocenters. The average Bonchev–Trinajstić information content (AvgIpc) is 3.15. The lowest BCUT2D eigenvalue weighted by Crippen LogP contribution is -2.46. The number of carbonyl (C=O) groups is 1. The van der Waals surface area contributed by atoms with E-state index in [0.29, 0.717) is 30.9 Å². The van der Waals surface area contributed by atoms with E-state index in [1.165, 1.54) is 4.90 Å². The second kappa shape index (κ2) is 6.52. The normalized spacial score (nSPS) is 20.4. The molecule has 1 amide bonds. The highest BCUT2D eigenvalue weighted by Crippen LogP contribution is 2.25. The van der Waals surface area contributed by atoms with Gasteiger partial charge >= 0.3 is 0 Å². The van der Waals surface area contributed by atoms with Gasteiger partial charge in [0, 0.05) is 32.5 Å². The highest BCUT2D eigenvalue weighted by molar-refractivity contribution is 5.78. The molecule has 1 aliphatic heterocycles. The Morgan fingerprint density at radius 1 is 1.46 bits per heavy atom. The molecule has 1 saturated heterocycles. The van der Waals surface area contributed by atoms with Gasteiger partial charge in [-0.25, -0.2) is 9.61 Å². The molecule has 1 atom stereocenters. The number of likely N-dealkylation sites (N-methyl/N-ethyl adjacent to an activating group) is 1. The molecule has 0 aliphatic carbocycles. The van der Waals surface area contributed by atoms with Gasteiger partial charge in [-0.05, 0) is 13.3 Å². The monoisotopic (exact) mass is 332 g/mol. The van der Waals surface area contributed by atoms with Crippen LogP contribution in [0.3, 0.4) is 0 Å². The third-order valence-corrected chi connectivity index (χ3v) is 4.23. The van der Waals surface area contributed by atoms with Crippen LogP contribution in [0, 0.1) is 6.92 Å². The Balaban J connectivity index is 1.59. The summed E-state index contributed by atoms with van der Waals surface area (Å²) < 4.78 is 4.60. The van der Waals surface area contributed by atoms with Crippen LogP contribution >= 0.6 is 0 Å². The van der Waals surface area contributed by atoms with E-state index in [9.17, 15) is 9.90 Å². The summed E-state index contributed by atoms with van der Waals surface area (Å²) in [6.07, 6.45) is 5.57. The van der Waals surface area contributed by atoms with Crippen LogP contribution in [-0.4, -0.2) is 68.5 Å². The van der Waals surface area contributed by atoms with E-state index in [1.54, 1.807) is 32.6 Å². The summed E-state index contributed by atoms with van der Waals surface area (Å²) in [5, 5.41) is 18.2. The number of aryl methyl sites for hydroxylation is 1. The number of nitrogens with zero attached hydrogens (tertiary/aromatic N) is 6. The smallest absolute Gasteiger partial charge is 0.228 e. The zero-order valence-electron chi connectivity index (χ0n) is 13.7. The summed E-state index contributed by atoms with van der Waals surface area (Å²) in [7, 11) is 1.67. The van der Waals surface area contributed by atoms with Gasteiger partial charge in [-0.15, -0.1) is 0 Å². The van der Waals surface area contributed by atoms with Gasteiger partial charge in [0.05, 0.1) is 19.2 Å². The number of anilines is 1. The van der Waals surface area contributed by atoms with Crippen LogP contribution in [0.25, 0.3) is 0 Å². The average molecular weight is 332 g/mol. The second-order valence-electron chi connectivity index (χ2n) is 6.18. The standard InChI is InChI=1S/C15H20N6O3/c1-11-12(19-24-18-11)7-14(22)20(2)9-15(23)3-6-21(10-15)13-8-16-4-5-17-13/h4-5,8,23H,3,6-7,9-10H2,1-2H3/t15-/m0/s1. The molecule has 3 heterocycles. The predicted molar refractivity (Wildman–Crippen MR) is 84.2 cm³/mol. The molecule has 0 spiro atoms. The molecule has 9 heteroatoms. The first-order chi connectivity index (χ1) is 11.5. The van der Waals surface area contributed by atoms with Crippen LogP contribution in [-0.2, 0) is 11.2 Å². The van der Waals surface area contributed by atoms with Crippen LogP contribution < -0.4 is 4.90 Å². The third-order valence-electron chi connectivity index (χ3n) is 4.23. The van der Waals surface area contributed by atoms with E-state index >= 15 is 0 Å². The number of β-amino-alcohol motifs (C(OH)–C–C–N with tert-alkyl or cyclic N) is 1. The Hall–Kier alpha value is -2.55. The Bertz CT molecular complexity index is 706. The maximum absolute atomic E-state index is 12.3. The van der Waals surface area contributed by atoms with E-state index in [4.69, 9.17) is 0 Å². The quantitative estimate of drug-likeness (QED) is 0.802. The van der Waals surface area contributed by atoms with Crippen LogP contribution in [0.2, 0.25) is 0 Å². The van der Waals surface area contributed by atoms with Gasteiger partial charge < -0.3 is 14.9 Å². The molecule has 0 bridgehead atoms. The fraction of sp³-hybridized carbons (Fsp3) is 0.533. The van der Waals surface area contributed by atoms with E-state index in [2.05, 4.69) is 24.9 Å². The van der Waals surface area contributed by atoms with E-state index in [0.717, 1.165) is 5.82 Å². The molecule has 128 valence electrons. The van der Waals surface area contributed by atoms with Crippen molar-refractivity contribution in [3.63, 3.8) is 0 Å². The molecule has 0 saturated carbocycles. The van der Waals surface area contributed by atoms with Crippen molar-refractivity contribution in [1.82, 2.24) is 25.2 Å². The van der Waals surface area contributed by atoms with Crippen LogP contribution in [0.4, 0.5) is 5.82 Å². The molecule has 0 aromatic carbocycles. The molecule has 9 nitrogen and oxygen atoms in total. The van der Waals surface area contributed by atoms with Crippen molar-refractivity contribution < 1.29 is 14.5 Å². The summed E-state index contributed by atoms with van der Waals surface area (Å²) in [6, 6.07) is 0. The number of hydrogen-bond acceptors (Lipinski definition) is 8. The first-order valence-corrected chi connectivity index (χ1v) is 7.72. The maximum atomic E-state index is 12.3. The summed E-state index contributed by atoms with van der Waals surface area (Å²) in [6.45, 7) is 3.06. The fourth-order valence-electron chi connectivity index (χ4n) is 2.85. The Morgan fingerprint density at radius 2 is 2.29 bits per heavy atom. The van der Waals surface area contributed by atoms with E-state index < -0.39 is 5.60 Å². The van der Waals surface area contributed by atoms with Gasteiger partial charge in [-0.1, -0.05) is 10.3 Å². The lowest BCUT2D eigenvalue weighted by Gasteiger charge is -2.29. The van der Waals surface area contributed by atoms with Crippen molar-refractivity contribution in [1.29, 1.82) is 0 Å². The molecule has 3 rings (SSSR count). The van der Waals surface area contributed by atoms with Gasteiger partial charge in [0.2, 0.25) is 5.91 Å². The number of hydrogen-bond donors (Lipinski definition) is 1. The summed E-state index contributed by atoms with van der Waals surface area (Å²) in [5.74, 6) is 0.590. The molecule has 1 aliphatic rings. The highest BCUT2D eigenvalue weighted by atomic mass is 16.6. The number of carbonyl (C=O) groups excluding carboxylic acids is 1. The molecular weight excluding hydrogens is 312 g/mol. The first kappa shape index (κ1) is 16.3. The fourth-order valence-corrected chi connectivity index (χ4v) is 2.85. The van der Waals surface area contributed by atoms with Crippen LogP contribution in [0.5, 0.6) is 0 Å². The van der Waals surface area contributed by atoms with Gasteiger partial charge in [0.25, 0.3) is 0 Å². The summed E-state index contributed by atoms with van der Waals surface area (Å²) in [5.41, 5.74) is 0.149. The van der Waals surface area contributed by atoms with E-state index in [1.807, 2.05) is 4.90 Å². The zero-order chi connectivity index (χ0) is 17.2. The van der Waals surface area contributed by atoms with Gasteiger partial charge in [-0.2, -0.15) is 0 Å². The molecule has 1 fully saturated rings. The van der Waals surface area contributed by atoms with Crippen molar-refractivity contribution in [3.8, 4) is 0 Å². The van der Waals surface area contributed by atoms with Gasteiger partial charge in [-0.3, -0.25) is 9.78 Å². The molecule has 0 radical (unpaired) electrons. The number of rotatable bonds is 5. The lowest BCUT2D eigenvalue weighted by atomic mass is 10.0. The Labute approximate surface area is 139 Å². The van der Waals surface area contributed by atoms with Crippen LogP contribution in [0.1, 0.15) is 17.8 Å². The maximum Gasteiger partial charge on any atom is 0.228 e. The molecular formula is C15H20N6O3. The Kier molecular flexibility index (Phi) is 4.43. The summed E-state index contributed by atoms with van der Waals surface area (Å²) in [4.78, 5) is 24.1. The molecule has 24 heavy (non-hydrogen) atoms. The van der Waals surface area contributed by atoms with Crippen molar-refractivity contribution in [2.45, 2.75) is 25.4 Å². The van der Waals surface area contributed by atoms with E-state index in [-0.39, 0.29) is 18.9 Å². The van der Waals surface area contributed by atoms with Crippen molar-refractivity contribution in [2.24, 2.45) is 0 Å². The zero-order valence-corrected chi connectivity index (χ0v) is 13.7. The Morgan fingerprint density at radius 3 is 2.96 bits per heavy atom. The minimum Gasteiger partial charge on any atom is -0.386 e. The first-order valence-electron chi connectivity index (χ1n) is 7.72. The lowest BCUT2D eigenvalue weighted by molar-refractivity contribution is -0.132.